The number of anilines is 2. The van der Waals surface area contributed by atoms with Gasteiger partial charge in [0.25, 0.3) is 0 Å². The second kappa shape index (κ2) is 7.26. The van der Waals surface area contributed by atoms with Crippen LogP contribution < -0.4 is 9.80 Å². The van der Waals surface area contributed by atoms with Crippen LogP contribution in [0.1, 0.15) is 0 Å². The van der Waals surface area contributed by atoms with Gasteiger partial charge < -0.3 is 14.7 Å². The van der Waals surface area contributed by atoms with Gasteiger partial charge in [-0.2, -0.15) is 0 Å². The summed E-state index contributed by atoms with van der Waals surface area (Å²) in [6, 6.07) is 16.1. The quantitative estimate of drug-likeness (QED) is 0.657. The zero-order chi connectivity index (χ0) is 19.1. The van der Waals surface area contributed by atoms with Gasteiger partial charge >= 0.3 is 0 Å². The number of aromatic nitrogens is 1. The molecule has 28 heavy (non-hydrogen) atoms. The SMILES string of the molecule is O=C(C1CN(c2nc3ccccc3s2)C1)N1CCN(c2cccc(Cl)c2)CC1. The molecule has 5 nitrogen and oxygen atoms in total. The minimum atomic E-state index is 0.0877. The number of halogens is 1. The van der Waals surface area contributed by atoms with Crippen LogP contribution in [0.4, 0.5) is 10.8 Å². The molecule has 0 aliphatic carbocycles. The Kier molecular flexibility index (Phi) is 4.61. The highest BCUT2D eigenvalue weighted by Crippen LogP contribution is 2.33. The van der Waals surface area contributed by atoms with Crippen molar-refractivity contribution in [3.63, 3.8) is 0 Å². The number of para-hydroxylation sites is 1. The summed E-state index contributed by atoms with van der Waals surface area (Å²) in [7, 11) is 0. The van der Waals surface area contributed by atoms with Gasteiger partial charge in [-0.25, -0.2) is 4.98 Å². The summed E-state index contributed by atoms with van der Waals surface area (Å²) in [5, 5.41) is 1.77. The minimum Gasteiger partial charge on any atom is -0.368 e. The Bertz CT molecular complexity index is 975. The molecule has 1 aromatic heterocycles. The Morgan fingerprint density at radius 3 is 2.54 bits per heavy atom. The summed E-state index contributed by atoms with van der Waals surface area (Å²) in [4.78, 5) is 24.1. The van der Waals surface area contributed by atoms with Gasteiger partial charge in [0.1, 0.15) is 0 Å². The number of carbonyl (C=O) groups excluding carboxylic acids is 1. The van der Waals surface area contributed by atoms with E-state index in [-0.39, 0.29) is 11.8 Å². The second-order valence-electron chi connectivity index (χ2n) is 7.36. The maximum Gasteiger partial charge on any atom is 0.229 e. The van der Waals surface area contributed by atoms with E-state index in [9.17, 15) is 4.79 Å². The molecule has 2 aliphatic rings. The van der Waals surface area contributed by atoms with Gasteiger partial charge in [-0.3, -0.25) is 4.79 Å². The minimum absolute atomic E-state index is 0.0877. The van der Waals surface area contributed by atoms with E-state index in [0.717, 1.165) is 60.6 Å². The second-order valence-corrected chi connectivity index (χ2v) is 8.80. The fraction of sp³-hybridized carbons (Fsp3) is 0.333. The van der Waals surface area contributed by atoms with E-state index >= 15 is 0 Å². The predicted octanol–water partition coefficient (Wildman–Crippen LogP) is 3.73. The summed E-state index contributed by atoms with van der Waals surface area (Å²) in [6.07, 6.45) is 0. The predicted molar refractivity (Wildman–Crippen MR) is 116 cm³/mol. The molecular weight excluding hydrogens is 392 g/mol. The van der Waals surface area contributed by atoms with Crippen LogP contribution in [-0.4, -0.2) is 55.1 Å². The molecule has 0 saturated carbocycles. The van der Waals surface area contributed by atoms with Crippen LogP contribution in [0, 0.1) is 5.92 Å². The van der Waals surface area contributed by atoms with E-state index in [2.05, 4.69) is 21.9 Å². The summed E-state index contributed by atoms with van der Waals surface area (Å²) < 4.78 is 1.20. The number of benzene rings is 2. The third-order valence-corrected chi connectivity index (χ3v) is 6.88. The van der Waals surface area contributed by atoms with Gasteiger partial charge in [0.05, 0.1) is 16.1 Å². The van der Waals surface area contributed by atoms with Crippen LogP contribution in [-0.2, 0) is 4.79 Å². The van der Waals surface area contributed by atoms with E-state index in [1.807, 2.05) is 41.3 Å². The fourth-order valence-electron chi connectivity index (χ4n) is 3.90. The number of hydrogen-bond acceptors (Lipinski definition) is 5. The molecule has 2 aromatic carbocycles. The van der Waals surface area contributed by atoms with Gasteiger partial charge in [-0.15, -0.1) is 0 Å². The molecule has 0 unspecified atom stereocenters. The van der Waals surface area contributed by atoms with Crippen LogP contribution in [0.5, 0.6) is 0 Å². The number of fused-ring (bicyclic) bond motifs is 1. The van der Waals surface area contributed by atoms with Crippen molar-refractivity contribution in [2.75, 3.05) is 49.1 Å². The van der Waals surface area contributed by atoms with E-state index in [0.29, 0.717) is 0 Å². The van der Waals surface area contributed by atoms with Gasteiger partial charge in [-0.1, -0.05) is 41.1 Å². The lowest BCUT2D eigenvalue weighted by molar-refractivity contribution is -0.136. The smallest absolute Gasteiger partial charge is 0.229 e. The van der Waals surface area contributed by atoms with Crippen molar-refractivity contribution in [3.8, 4) is 0 Å². The number of piperazine rings is 1. The Morgan fingerprint density at radius 2 is 1.79 bits per heavy atom. The Labute approximate surface area is 173 Å². The monoisotopic (exact) mass is 412 g/mol. The molecule has 5 rings (SSSR count). The summed E-state index contributed by atoms with van der Waals surface area (Å²) in [5.41, 5.74) is 2.17. The first kappa shape index (κ1) is 17.8. The van der Waals surface area contributed by atoms with Crippen molar-refractivity contribution >= 4 is 49.9 Å². The molecule has 2 aliphatic heterocycles. The zero-order valence-electron chi connectivity index (χ0n) is 15.4. The van der Waals surface area contributed by atoms with Gasteiger partial charge in [0.2, 0.25) is 5.91 Å². The first-order valence-electron chi connectivity index (χ1n) is 9.57. The van der Waals surface area contributed by atoms with Gasteiger partial charge in [-0.05, 0) is 30.3 Å². The van der Waals surface area contributed by atoms with E-state index in [1.54, 1.807) is 11.3 Å². The first-order valence-corrected chi connectivity index (χ1v) is 10.8. The molecule has 0 atom stereocenters. The number of carbonyl (C=O) groups is 1. The fourth-order valence-corrected chi connectivity index (χ4v) is 5.07. The van der Waals surface area contributed by atoms with Crippen molar-refractivity contribution in [1.29, 1.82) is 0 Å². The highest BCUT2D eigenvalue weighted by Gasteiger charge is 2.37. The Balaban J connectivity index is 1.16. The van der Waals surface area contributed by atoms with E-state index in [4.69, 9.17) is 16.6 Å². The average Bonchev–Trinajstić information content (AvgIpc) is 3.10. The van der Waals surface area contributed by atoms with Crippen LogP contribution in [0.15, 0.2) is 48.5 Å². The highest BCUT2D eigenvalue weighted by molar-refractivity contribution is 7.22. The molecule has 3 aromatic rings. The molecule has 0 bridgehead atoms. The lowest BCUT2D eigenvalue weighted by atomic mass is 9.99. The molecular formula is C21H21ClN4OS. The molecule has 3 heterocycles. The first-order chi connectivity index (χ1) is 13.7. The van der Waals surface area contributed by atoms with Crippen molar-refractivity contribution in [2.45, 2.75) is 0 Å². The Morgan fingerprint density at radius 1 is 1.00 bits per heavy atom. The maximum absolute atomic E-state index is 12.9. The van der Waals surface area contributed by atoms with Crippen LogP contribution in [0.3, 0.4) is 0 Å². The lowest BCUT2D eigenvalue weighted by Gasteiger charge is -2.43. The maximum atomic E-state index is 12.9. The standard InChI is InChI=1S/C21H21ClN4OS/c22-16-4-3-5-17(12-16)24-8-10-25(11-9-24)20(27)15-13-26(14-15)21-23-18-6-1-2-7-19(18)28-21/h1-7,12,15H,8-11,13-14H2. The Hall–Kier alpha value is -2.31. The molecule has 0 spiro atoms. The van der Waals surface area contributed by atoms with Crippen LogP contribution in [0.25, 0.3) is 10.2 Å². The third kappa shape index (κ3) is 3.31. The van der Waals surface area contributed by atoms with Crippen molar-refractivity contribution < 1.29 is 4.79 Å². The number of hydrogen-bond donors (Lipinski definition) is 0. The van der Waals surface area contributed by atoms with Crippen molar-refractivity contribution in [1.82, 2.24) is 9.88 Å². The van der Waals surface area contributed by atoms with Crippen LogP contribution >= 0.6 is 22.9 Å². The molecule has 0 N–H and O–H groups in total. The number of amides is 1. The third-order valence-electron chi connectivity index (χ3n) is 5.55. The summed E-state index contributed by atoms with van der Waals surface area (Å²) in [6.45, 7) is 4.77. The van der Waals surface area contributed by atoms with Gasteiger partial charge in [0.15, 0.2) is 5.13 Å². The van der Waals surface area contributed by atoms with Crippen molar-refractivity contribution in [2.24, 2.45) is 5.92 Å². The molecule has 2 saturated heterocycles. The van der Waals surface area contributed by atoms with Crippen molar-refractivity contribution in [3.05, 3.63) is 53.6 Å². The van der Waals surface area contributed by atoms with E-state index < -0.39 is 0 Å². The highest BCUT2D eigenvalue weighted by atomic mass is 35.5. The van der Waals surface area contributed by atoms with Gasteiger partial charge in [0, 0.05) is 50.0 Å². The zero-order valence-corrected chi connectivity index (χ0v) is 17.0. The van der Waals surface area contributed by atoms with Crippen LogP contribution in [0.2, 0.25) is 5.02 Å². The molecule has 0 radical (unpaired) electrons. The number of rotatable bonds is 3. The summed E-state index contributed by atoms with van der Waals surface area (Å²) in [5.74, 6) is 0.368. The number of thiazole rings is 1. The lowest BCUT2D eigenvalue weighted by Crippen LogP contribution is -2.58. The average molecular weight is 413 g/mol. The normalized spacial score (nSPS) is 17.8. The number of nitrogens with zero attached hydrogens (tertiary/aromatic N) is 4. The topological polar surface area (TPSA) is 39.7 Å². The molecule has 1 amide bonds. The largest absolute Gasteiger partial charge is 0.368 e. The molecule has 2 fully saturated rings. The van der Waals surface area contributed by atoms with E-state index in [1.165, 1.54) is 4.70 Å². The summed E-state index contributed by atoms with van der Waals surface area (Å²) >= 11 is 7.80. The molecule has 144 valence electrons. The molecule has 7 heteroatoms.